The summed E-state index contributed by atoms with van der Waals surface area (Å²) < 4.78 is 1.48. The molecule has 2 aromatic heterocycles. The van der Waals surface area contributed by atoms with E-state index in [1.54, 1.807) is 12.1 Å². The van der Waals surface area contributed by atoms with Gasteiger partial charge in [-0.25, -0.2) is 19.4 Å². The van der Waals surface area contributed by atoms with Crippen LogP contribution >= 0.6 is 0 Å². The smallest absolute Gasteiger partial charge is 0.329 e. The predicted molar refractivity (Wildman–Crippen MR) is 84.7 cm³/mol. The van der Waals surface area contributed by atoms with E-state index in [0.717, 1.165) is 25.7 Å². The highest BCUT2D eigenvalue weighted by atomic mass is 16.4. The Balaban J connectivity index is 1.76. The summed E-state index contributed by atoms with van der Waals surface area (Å²) in [5.74, 6) is -0.853. The van der Waals surface area contributed by atoms with Crippen molar-refractivity contribution in [1.82, 2.24) is 25.1 Å². The fourth-order valence-corrected chi connectivity index (χ4v) is 3.00. The maximum atomic E-state index is 12.5. The van der Waals surface area contributed by atoms with Crippen molar-refractivity contribution in [3.8, 4) is 5.82 Å². The molecule has 2 N–H and O–H groups in total. The largest absolute Gasteiger partial charge is 0.480 e. The van der Waals surface area contributed by atoms with Gasteiger partial charge in [0, 0.05) is 6.20 Å². The Morgan fingerprint density at radius 3 is 2.46 bits per heavy atom. The molecule has 2 aromatic rings. The highest BCUT2D eigenvalue weighted by molar-refractivity contribution is 5.97. The third-order valence-corrected chi connectivity index (χ3v) is 4.38. The van der Waals surface area contributed by atoms with Gasteiger partial charge >= 0.3 is 5.97 Å². The Morgan fingerprint density at radius 1 is 1.17 bits per heavy atom. The molecular weight excluding hydrogens is 310 g/mol. The van der Waals surface area contributed by atoms with Crippen molar-refractivity contribution >= 4 is 11.9 Å². The summed E-state index contributed by atoms with van der Waals surface area (Å²) in [6.07, 6.45) is 8.83. The Morgan fingerprint density at radius 2 is 1.92 bits per heavy atom. The molecule has 8 nitrogen and oxygen atoms in total. The second-order valence-corrected chi connectivity index (χ2v) is 6.00. The quantitative estimate of drug-likeness (QED) is 0.824. The van der Waals surface area contributed by atoms with Crippen LogP contribution in [0.1, 0.15) is 48.9 Å². The van der Waals surface area contributed by atoms with Crippen molar-refractivity contribution < 1.29 is 14.7 Å². The van der Waals surface area contributed by atoms with Crippen LogP contribution in [0.3, 0.4) is 0 Å². The minimum atomic E-state index is -1.18. The number of hydrogen-bond donors (Lipinski definition) is 2. The molecule has 1 aliphatic rings. The lowest BCUT2D eigenvalue weighted by Gasteiger charge is -2.29. The molecule has 1 saturated carbocycles. The standard InChI is InChI=1S/C16H19N5O3/c22-14(20-16(15(23)24)7-3-1-2-4-8-16)12-5-6-13(18-9-12)21-11-17-10-19-21/h5-6,9-11H,1-4,7-8H2,(H,20,22)(H,23,24). The molecule has 24 heavy (non-hydrogen) atoms. The van der Waals surface area contributed by atoms with E-state index in [1.807, 2.05) is 0 Å². The fourth-order valence-electron chi connectivity index (χ4n) is 3.00. The number of nitrogens with zero attached hydrogens (tertiary/aromatic N) is 4. The Hall–Kier alpha value is -2.77. The molecule has 8 heteroatoms. The molecule has 2 heterocycles. The minimum absolute atomic E-state index is 0.323. The number of amides is 1. The normalized spacial score (nSPS) is 17.0. The van der Waals surface area contributed by atoms with Crippen LogP contribution in [0.4, 0.5) is 0 Å². The lowest BCUT2D eigenvalue weighted by atomic mass is 9.90. The lowest BCUT2D eigenvalue weighted by molar-refractivity contribution is -0.145. The molecule has 0 saturated heterocycles. The number of aromatic nitrogens is 4. The zero-order valence-electron chi connectivity index (χ0n) is 13.2. The van der Waals surface area contributed by atoms with E-state index in [-0.39, 0.29) is 0 Å². The molecule has 0 bridgehead atoms. The Bertz CT molecular complexity index is 704. The van der Waals surface area contributed by atoms with Gasteiger partial charge in [-0.2, -0.15) is 5.10 Å². The summed E-state index contributed by atoms with van der Waals surface area (Å²) in [6, 6.07) is 3.25. The highest BCUT2D eigenvalue weighted by Gasteiger charge is 2.40. The van der Waals surface area contributed by atoms with Gasteiger partial charge in [0.2, 0.25) is 0 Å². The number of carboxylic acids is 1. The molecular formula is C16H19N5O3. The second kappa shape index (κ2) is 6.77. The summed E-state index contributed by atoms with van der Waals surface area (Å²) in [5, 5.41) is 16.3. The van der Waals surface area contributed by atoms with Gasteiger partial charge in [0.25, 0.3) is 5.91 Å². The van der Waals surface area contributed by atoms with E-state index in [9.17, 15) is 14.7 Å². The number of hydrogen-bond acceptors (Lipinski definition) is 5. The van der Waals surface area contributed by atoms with E-state index in [4.69, 9.17) is 0 Å². The van der Waals surface area contributed by atoms with Gasteiger partial charge in [-0.1, -0.05) is 25.7 Å². The number of carbonyl (C=O) groups excluding carboxylic acids is 1. The van der Waals surface area contributed by atoms with Gasteiger partial charge < -0.3 is 10.4 Å². The average Bonchev–Trinajstić information content (AvgIpc) is 3.02. The number of rotatable bonds is 4. The number of carboxylic acid groups (broad SMARTS) is 1. The average molecular weight is 329 g/mol. The summed E-state index contributed by atoms with van der Waals surface area (Å²) in [5.41, 5.74) is -0.859. The molecule has 0 spiro atoms. The van der Waals surface area contributed by atoms with Crippen LogP contribution in [0.15, 0.2) is 31.0 Å². The van der Waals surface area contributed by atoms with Gasteiger partial charge in [-0.3, -0.25) is 4.79 Å². The Kier molecular flexibility index (Phi) is 4.54. The first-order valence-electron chi connectivity index (χ1n) is 7.98. The van der Waals surface area contributed by atoms with Gasteiger partial charge in [-0.15, -0.1) is 0 Å². The molecule has 3 rings (SSSR count). The van der Waals surface area contributed by atoms with Crippen LogP contribution in [-0.4, -0.2) is 42.3 Å². The van der Waals surface area contributed by atoms with Crippen molar-refractivity contribution in [3.63, 3.8) is 0 Å². The summed E-state index contributed by atoms with van der Waals surface area (Å²) >= 11 is 0. The molecule has 0 unspecified atom stereocenters. The number of pyridine rings is 1. The van der Waals surface area contributed by atoms with E-state index in [2.05, 4.69) is 20.4 Å². The van der Waals surface area contributed by atoms with Crippen molar-refractivity contribution in [3.05, 3.63) is 36.5 Å². The van der Waals surface area contributed by atoms with Crippen molar-refractivity contribution in [2.24, 2.45) is 0 Å². The van der Waals surface area contributed by atoms with E-state index in [1.165, 1.54) is 23.5 Å². The van der Waals surface area contributed by atoms with Crippen LogP contribution in [0, 0.1) is 0 Å². The van der Waals surface area contributed by atoms with Crippen LogP contribution < -0.4 is 5.32 Å². The number of aliphatic carboxylic acids is 1. The first-order valence-corrected chi connectivity index (χ1v) is 7.98. The SMILES string of the molecule is O=C(NC1(C(=O)O)CCCCCC1)c1ccc(-n2cncn2)nc1. The van der Waals surface area contributed by atoms with Crippen LogP contribution in [0.2, 0.25) is 0 Å². The maximum Gasteiger partial charge on any atom is 0.329 e. The van der Waals surface area contributed by atoms with Crippen molar-refractivity contribution in [1.29, 1.82) is 0 Å². The van der Waals surface area contributed by atoms with Gasteiger partial charge in [0.15, 0.2) is 5.82 Å². The van der Waals surface area contributed by atoms with Crippen molar-refractivity contribution in [2.75, 3.05) is 0 Å². The van der Waals surface area contributed by atoms with Crippen LogP contribution in [0.25, 0.3) is 5.82 Å². The summed E-state index contributed by atoms with van der Waals surface area (Å²) in [7, 11) is 0. The topological polar surface area (TPSA) is 110 Å². The summed E-state index contributed by atoms with van der Waals surface area (Å²) in [4.78, 5) is 32.3. The molecule has 0 aliphatic heterocycles. The second-order valence-electron chi connectivity index (χ2n) is 6.00. The van der Waals surface area contributed by atoms with Gasteiger partial charge in [-0.05, 0) is 25.0 Å². The third-order valence-electron chi connectivity index (χ3n) is 4.38. The molecule has 126 valence electrons. The van der Waals surface area contributed by atoms with Crippen LogP contribution in [-0.2, 0) is 4.79 Å². The van der Waals surface area contributed by atoms with Gasteiger partial charge in [0.1, 0.15) is 18.2 Å². The zero-order chi connectivity index (χ0) is 17.0. The first-order chi connectivity index (χ1) is 11.6. The van der Waals surface area contributed by atoms with E-state index < -0.39 is 17.4 Å². The lowest BCUT2D eigenvalue weighted by Crippen LogP contribution is -2.54. The zero-order valence-corrected chi connectivity index (χ0v) is 13.2. The molecule has 1 fully saturated rings. The van der Waals surface area contributed by atoms with Crippen LogP contribution in [0.5, 0.6) is 0 Å². The third kappa shape index (κ3) is 3.27. The Labute approximate surface area is 138 Å². The van der Waals surface area contributed by atoms with Gasteiger partial charge in [0.05, 0.1) is 5.56 Å². The van der Waals surface area contributed by atoms with E-state index in [0.29, 0.717) is 24.2 Å². The molecule has 0 aromatic carbocycles. The minimum Gasteiger partial charge on any atom is -0.480 e. The predicted octanol–water partition coefficient (Wildman–Crippen LogP) is 1.57. The van der Waals surface area contributed by atoms with E-state index >= 15 is 0 Å². The first kappa shape index (κ1) is 16.1. The molecule has 1 amide bonds. The number of nitrogens with one attached hydrogen (secondary N) is 1. The molecule has 0 radical (unpaired) electrons. The maximum absolute atomic E-state index is 12.5. The number of carbonyl (C=O) groups is 2. The summed E-state index contributed by atoms with van der Waals surface area (Å²) in [6.45, 7) is 0. The molecule has 1 aliphatic carbocycles. The highest BCUT2D eigenvalue weighted by Crippen LogP contribution is 2.28. The monoisotopic (exact) mass is 329 g/mol. The molecule has 0 atom stereocenters. The fraction of sp³-hybridized carbons (Fsp3) is 0.438. The van der Waals surface area contributed by atoms with Crippen molar-refractivity contribution in [2.45, 2.75) is 44.1 Å².